The molecule has 0 aliphatic carbocycles. The second-order valence-electron chi connectivity index (χ2n) is 3.39. The molecule has 0 fully saturated rings. The first-order chi connectivity index (χ1) is 4.70. The summed E-state index contributed by atoms with van der Waals surface area (Å²) < 4.78 is 4.75. The Bertz CT molecular complexity index is 65.1. The van der Waals surface area contributed by atoms with Crippen molar-refractivity contribution in [1.82, 2.24) is 0 Å². The standard InChI is InChI=1S/C5H11.2C2H5.Sn/c1-4-5(2)3;2*1-2;/h5H,1,4H2,2-3H3;2*1H2,2H3;/q;;;+1. The third-order valence-corrected chi connectivity index (χ3v) is 10.6. The summed E-state index contributed by atoms with van der Waals surface area (Å²) in [6.07, 6.45) is 1.50. The fraction of sp³-hybridized carbons (Fsp3) is 1.00. The van der Waals surface area contributed by atoms with Crippen LogP contribution in [0.4, 0.5) is 0 Å². The Kier molecular flexibility index (Phi) is 7.02. The molecule has 0 aromatic rings. The van der Waals surface area contributed by atoms with E-state index in [1.807, 2.05) is 0 Å². The van der Waals surface area contributed by atoms with Crippen LogP contribution in [0.25, 0.3) is 0 Å². The van der Waals surface area contributed by atoms with Gasteiger partial charge in [-0.3, -0.25) is 0 Å². The first-order valence-electron chi connectivity index (χ1n) is 4.54. The summed E-state index contributed by atoms with van der Waals surface area (Å²) in [5.74, 6) is 0.939. The van der Waals surface area contributed by atoms with Crippen molar-refractivity contribution in [3.8, 4) is 0 Å². The molecule has 10 heavy (non-hydrogen) atoms. The van der Waals surface area contributed by atoms with Crippen LogP contribution in [0.15, 0.2) is 0 Å². The van der Waals surface area contributed by atoms with E-state index in [1.165, 1.54) is 6.42 Å². The Hall–Kier alpha value is 0.799. The Balaban J connectivity index is 3.26. The van der Waals surface area contributed by atoms with Crippen molar-refractivity contribution in [3.63, 3.8) is 0 Å². The minimum absolute atomic E-state index is 0.763. The van der Waals surface area contributed by atoms with Crippen molar-refractivity contribution in [2.45, 2.75) is 47.4 Å². The first kappa shape index (κ1) is 10.8. The molecule has 0 aliphatic rings. The molecule has 0 amide bonds. The van der Waals surface area contributed by atoms with Gasteiger partial charge in [0.2, 0.25) is 0 Å². The molecule has 0 bridgehead atoms. The van der Waals surface area contributed by atoms with Crippen molar-refractivity contribution in [2.75, 3.05) is 0 Å². The fourth-order valence-electron chi connectivity index (χ4n) is 1.10. The molecule has 0 nitrogen and oxygen atoms in total. The molecule has 0 saturated heterocycles. The SMILES string of the molecule is C[CH2][Sn+]([CH2]C)[CH2]CC(C)C. The van der Waals surface area contributed by atoms with Gasteiger partial charge in [-0.15, -0.1) is 0 Å². The van der Waals surface area contributed by atoms with E-state index in [1.54, 1.807) is 13.3 Å². The van der Waals surface area contributed by atoms with Crippen LogP contribution in [-0.4, -0.2) is 19.8 Å². The zero-order valence-electron chi connectivity index (χ0n) is 7.91. The average molecular weight is 248 g/mol. The predicted octanol–water partition coefficient (Wildman–Crippen LogP) is 3.57. The molecule has 0 atom stereocenters. The summed E-state index contributed by atoms with van der Waals surface area (Å²) in [5.41, 5.74) is 0. The van der Waals surface area contributed by atoms with Crippen molar-refractivity contribution >= 4 is 19.8 Å². The van der Waals surface area contributed by atoms with Crippen LogP contribution < -0.4 is 0 Å². The van der Waals surface area contributed by atoms with Crippen LogP contribution in [0.2, 0.25) is 13.3 Å². The number of hydrogen-bond acceptors (Lipinski definition) is 0. The molecule has 0 spiro atoms. The zero-order chi connectivity index (χ0) is 7.98. The van der Waals surface area contributed by atoms with E-state index in [0.717, 1.165) is 5.92 Å². The molecule has 0 heterocycles. The summed E-state index contributed by atoms with van der Waals surface area (Å²) in [6.45, 7) is 9.45. The van der Waals surface area contributed by atoms with E-state index in [0.29, 0.717) is 0 Å². The third kappa shape index (κ3) is 5.57. The Morgan fingerprint density at radius 2 is 1.60 bits per heavy atom. The van der Waals surface area contributed by atoms with Gasteiger partial charge in [-0.25, -0.2) is 0 Å². The second kappa shape index (κ2) is 6.51. The fourth-order valence-corrected chi connectivity index (χ4v) is 7.35. The van der Waals surface area contributed by atoms with Gasteiger partial charge in [0.1, 0.15) is 0 Å². The predicted molar refractivity (Wildman–Crippen MR) is 51.0 cm³/mol. The molecule has 0 N–H and O–H groups in total. The monoisotopic (exact) mass is 249 g/mol. The van der Waals surface area contributed by atoms with Gasteiger partial charge < -0.3 is 0 Å². The van der Waals surface area contributed by atoms with Crippen molar-refractivity contribution in [1.29, 1.82) is 0 Å². The van der Waals surface area contributed by atoms with Gasteiger partial charge in [0.05, 0.1) is 0 Å². The Morgan fingerprint density at radius 1 is 1.10 bits per heavy atom. The van der Waals surface area contributed by atoms with Gasteiger partial charge >= 0.3 is 73.1 Å². The maximum absolute atomic E-state index is 2.39. The summed E-state index contributed by atoms with van der Waals surface area (Å²) in [4.78, 5) is 0. The van der Waals surface area contributed by atoms with Crippen molar-refractivity contribution in [2.24, 2.45) is 5.92 Å². The molecule has 0 aliphatic heterocycles. The summed E-state index contributed by atoms with van der Waals surface area (Å²) >= 11 is -0.763. The van der Waals surface area contributed by atoms with E-state index >= 15 is 0 Å². The molecule has 0 radical (unpaired) electrons. The summed E-state index contributed by atoms with van der Waals surface area (Å²) in [6, 6.07) is 0. The molecule has 60 valence electrons. The Morgan fingerprint density at radius 3 is 1.90 bits per heavy atom. The van der Waals surface area contributed by atoms with Gasteiger partial charge in [-0.1, -0.05) is 0 Å². The van der Waals surface area contributed by atoms with E-state index in [9.17, 15) is 0 Å². The third-order valence-electron chi connectivity index (χ3n) is 2.08. The molecule has 0 saturated carbocycles. The normalized spacial score (nSPS) is 10.5. The van der Waals surface area contributed by atoms with Crippen LogP contribution in [0.3, 0.4) is 0 Å². The van der Waals surface area contributed by atoms with Crippen LogP contribution in [0, 0.1) is 5.92 Å². The van der Waals surface area contributed by atoms with Crippen LogP contribution in [0.1, 0.15) is 34.1 Å². The molecule has 0 unspecified atom stereocenters. The van der Waals surface area contributed by atoms with Crippen LogP contribution >= 0.6 is 0 Å². The summed E-state index contributed by atoms with van der Waals surface area (Å²) in [7, 11) is 0. The van der Waals surface area contributed by atoms with E-state index in [4.69, 9.17) is 0 Å². The van der Waals surface area contributed by atoms with Crippen LogP contribution in [0.5, 0.6) is 0 Å². The minimum atomic E-state index is -0.763. The van der Waals surface area contributed by atoms with E-state index in [2.05, 4.69) is 27.7 Å². The van der Waals surface area contributed by atoms with Gasteiger partial charge in [-0.2, -0.15) is 0 Å². The van der Waals surface area contributed by atoms with Gasteiger partial charge in [0.25, 0.3) is 0 Å². The van der Waals surface area contributed by atoms with Gasteiger partial charge in [0.15, 0.2) is 0 Å². The molecule has 0 aromatic heterocycles. The summed E-state index contributed by atoms with van der Waals surface area (Å²) in [5, 5.41) is 0. The van der Waals surface area contributed by atoms with E-state index in [-0.39, 0.29) is 0 Å². The molecular weight excluding hydrogens is 227 g/mol. The molecular formula is C9H21Sn+. The van der Waals surface area contributed by atoms with Crippen LogP contribution in [-0.2, 0) is 0 Å². The van der Waals surface area contributed by atoms with Gasteiger partial charge in [-0.05, 0) is 0 Å². The van der Waals surface area contributed by atoms with Crippen molar-refractivity contribution in [3.05, 3.63) is 0 Å². The second-order valence-corrected chi connectivity index (χ2v) is 13.1. The number of hydrogen-bond donors (Lipinski definition) is 0. The average Bonchev–Trinajstić information content (AvgIpc) is 1.90. The Labute approximate surface area is 73.1 Å². The zero-order valence-corrected chi connectivity index (χ0v) is 10.8. The molecule has 1 heteroatoms. The van der Waals surface area contributed by atoms with Gasteiger partial charge in [0, 0.05) is 0 Å². The first-order valence-corrected chi connectivity index (χ1v) is 10.6. The van der Waals surface area contributed by atoms with Crippen molar-refractivity contribution < 1.29 is 0 Å². The molecule has 0 rings (SSSR count). The maximum atomic E-state index is 2.39. The molecule has 0 aromatic carbocycles. The topological polar surface area (TPSA) is 0 Å². The number of rotatable bonds is 5. The quantitative estimate of drug-likeness (QED) is 0.652. The van der Waals surface area contributed by atoms with E-state index < -0.39 is 19.8 Å².